The Hall–Kier alpha value is -1.95. The molecule has 0 unspecified atom stereocenters. The Morgan fingerprint density at radius 3 is 2.76 bits per heavy atom. The van der Waals surface area contributed by atoms with Gasteiger partial charge in [-0.3, -0.25) is 4.57 Å². The van der Waals surface area contributed by atoms with Crippen molar-refractivity contribution in [2.45, 2.75) is 26.7 Å². The van der Waals surface area contributed by atoms with Crippen LogP contribution in [0.4, 0.5) is 5.82 Å². The summed E-state index contributed by atoms with van der Waals surface area (Å²) in [5, 5.41) is 0. The molecule has 6 nitrogen and oxygen atoms in total. The minimum atomic E-state index is 0.671. The van der Waals surface area contributed by atoms with Crippen molar-refractivity contribution in [1.82, 2.24) is 19.5 Å². The van der Waals surface area contributed by atoms with Gasteiger partial charge in [-0.25, -0.2) is 20.8 Å². The van der Waals surface area contributed by atoms with Crippen molar-refractivity contribution in [1.29, 1.82) is 0 Å². The van der Waals surface area contributed by atoms with Gasteiger partial charge in [-0.1, -0.05) is 13.3 Å². The molecule has 2 heterocycles. The van der Waals surface area contributed by atoms with E-state index >= 15 is 0 Å². The third-order valence-electron chi connectivity index (χ3n) is 2.61. The van der Waals surface area contributed by atoms with E-state index in [9.17, 15) is 0 Å². The Morgan fingerprint density at radius 1 is 1.35 bits per heavy atom. The van der Waals surface area contributed by atoms with E-state index in [0.29, 0.717) is 5.82 Å². The van der Waals surface area contributed by atoms with Crippen LogP contribution in [-0.4, -0.2) is 19.5 Å². The van der Waals surface area contributed by atoms with Crippen molar-refractivity contribution < 1.29 is 0 Å². The molecule has 0 atom stereocenters. The van der Waals surface area contributed by atoms with Crippen molar-refractivity contribution >= 4 is 5.82 Å². The van der Waals surface area contributed by atoms with Crippen LogP contribution in [0.25, 0.3) is 5.82 Å². The number of imidazole rings is 1. The maximum absolute atomic E-state index is 5.48. The van der Waals surface area contributed by atoms with E-state index in [1.54, 1.807) is 6.20 Å². The number of hydrazine groups is 1. The number of nitrogen functional groups attached to an aromatic ring is 1. The summed E-state index contributed by atoms with van der Waals surface area (Å²) in [6.07, 6.45) is 7.01. The monoisotopic (exact) mass is 232 g/mol. The lowest BCUT2D eigenvalue weighted by atomic mass is 10.1. The number of rotatable bonds is 4. The zero-order chi connectivity index (χ0) is 12.3. The Morgan fingerprint density at radius 2 is 2.18 bits per heavy atom. The highest BCUT2D eigenvalue weighted by Gasteiger charge is 2.12. The predicted molar refractivity (Wildman–Crippen MR) is 65.7 cm³/mol. The Bertz CT molecular complexity index is 504. The van der Waals surface area contributed by atoms with Gasteiger partial charge in [0.05, 0.1) is 0 Å². The molecule has 0 aliphatic heterocycles. The second kappa shape index (κ2) is 4.92. The first-order valence-electron chi connectivity index (χ1n) is 5.58. The highest BCUT2D eigenvalue weighted by atomic mass is 15.3. The molecule has 0 radical (unpaired) electrons. The molecule has 0 aliphatic carbocycles. The van der Waals surface area contributed by atoms with E-state index in [1.807, 2.05) is 17.7 Å². The molecule has 0 aromatic carbocycles. The van der Waals surface area contributed by atoms with Crippen LogP contribution >= 0.6 is 0 Å². The van der Waals surface area contributed by atoms with Gasteiger partial charge >= 0.3 is 0 Å². The van der Waals surface area contributed by atoms with E-state index in [2.05, 4.69) is 27.3 Å². The lowest BCUT2D eigenvalue weighted by Crippen LogP contribution is -2.14. The lowest BCUT2D eigenvalue weighted by molar-refractivity contribution is 0.845. The fourth-order valence-electron chi connectivity index (χ4n) is 1.82. The van der Waals surface area contributed by atoms with E-state index in [1.165, 1.54) is 6.33 Å². The van der Waals surface area contributed by atoms with Gasteiger partial charge in [-0.15, -0.1) is 0 Å². The van der Waals surface area contributed by atoms with Crippen LogP contribution in [0.5, 0.6) is 0 Å². The van der Waals surface area contributed by atoms with Crippen LogP contribution in [-0.2, 0) is 6.42 Å². The van der Waals surface area contributed by atoms with E-state index in [0.717, 1.165) is 30.0 Å². The topological polar surface area (TPSA) is 81.6 Å². The number of nitrogens with zero attached hydrogens (tertiary/aromatic N) is 4. The normalized spacial score (nSPS) is 10.5. The molecule has 0 amide bonds. The van der Waals surface area contributed by atoms with Crippen molar-refractivity contribution in [2.24, 2.45) is 5.84 Å². The minimum absolute atomic E-state index is 0.671. The fourth-order valence-corrected chi connectivity index (χ4v) is 1.82. The van der Waals surface area contributed by atoms with Gasteiger partial charge in [0.1, 0.15) is 23.8 Å². The first-order chi connectivity index (χ1) is 8.27. The summed E-state index contributed by atoms with van der Waals surface area (Å²) in [5.41, 5.74) is 3.63. The third kappa shape index (κ3) is 2.12. The molecule has 0 saturated carbocycles. The van der Waals surface area contributed by atoms with Gasteiger partial charge in [0, 0.05) is 18.0 Å². The van der Waals surface area contributed by atoms with Crippen molar-refractivity contribution in [3.8, 4) is 5.82 Å². The quantitative estimate of drug-likeness (QED) is 0.611. The summed E-state index contributed by atoms with van der Waals surface area (Å²) in [4.78, 5) is 12.7. The standard InChI is InChI=1S/C11H16N6/c1-3-4-9-10(16-12)14-7-15-11(9)17-6-5-13-8(17)2/h5-7H,3-4,12H2,1-2H3,(H,14,15,16). The summed E-state index contributed by atoms with van der Waals surface area (Å²) >= 11 is 0. The molecule has 0 fully saturated rings. The molecule has 90 valence electrons. The molecule has 3 N–H and O–H groups in total. The van der Waals surface area contributed by atoms with Gasteiger partial charge < -0.3 is 5.43 Å². The fraction of sp³-hybridized carbons (Fsp3) is 0.364. The number of nitrogens with two attached hydrogens (primary N) is 1. The number of nitrogens with one attached hydrogen (secondary N) is 1. The minimum Gasteiger partial charge on any atom is -0.308 e. The highest BCUT2D eigenvalue weighted by molar-refractivity contribution is 5.51. The molecule has 17 heavy (non-hydrogen) atoms. The van der Waals surface area contributed by atoms with Crippen LogP contribution in [0.3, 0.4) is 0 Å². The Kier molecular flexibility index (Phi) is 3.34. The smallest absolute Gasteiger partial charge is 0.148 e. The summed E-state index contributed by atoms with van der Waals surface area (Å²) < 4.78 is 1.94. The molecule has 2 aromatic rings. The molecule has 0 spiro atoms. The van der Waals surface area contributed by atoms with Gasteiger partial charge in [-0.05, 0) is 13.3 Å². The Balaban J connectivity index is 2.57. The van der Waals surface area contributed by atoms with Gasteiger partial charge in [0.25, 0.3) is 0 Å². The van der Waals surface area contributed by atoms with E-state index in [-0.39, 0.29) is 0 Å². The summed E-state index contributed by atoms with van der Waals surface area (Å²) in [6, 6.07) is 0. The summed E-state index contributed by atoms with van der Waals surface area (Å²) in [7, 11) is 0. The van der Waals surface area contributed by atoms with Crippen LogP contribution in [0.1, 0.15) is 24.7 Å². The largest absolute Gasteiger partial charge is 0.308 e. The molecule has 6 heteroatoms. The van der Waals surface area contributed by atoms with Crippen molar-refractivity contribution in [2.75, 3.05) is 5.43 Å². The number of aromatic nitrogens is 4. The van der Waals surface area contributed by atoms with Crippen LogP contribution in [0, 0.1) is 6.92 Å². The average molecular weight is 232 g/mol. The summed E-state index contributed by atoms with van der Waals surface area (Å²) in [5.74, 6) is 7.88. The van der Waals surface area contributed by atoms with E-state index < -0.39 is 0 Å². The van der Waals surface area contributed by atoms with Gasteiger partial charge in [0.15, 0.2) is 0 Å². The highest BCUT2D eigenvalue weighted by Crippen LogP contribution is 2.20. The molecular weight excluding hydrogens is 216 g/mol. The van der Waals surface area contributed by atoms with Crippen LogP contribution < -0.4 is 11.3 Å². The molecule has 2 rings (SSSR count). The molecule has 0 saturated heterocycles. The zero-order valence-electron chi connectivity index (χ0n) is 10.0. The van der Waals surface area contributed by atoms with Gasteiger partial charge in [0.2, 0.25) is 0 Å². The first-order valence-corrected chi connectivity index (χ1v) is 5.58. The number of hydrogen-bond donors (Lipinski definition) is 2. The molecule has 2 aromatic heterocycles. The van der Waals surface area contributed by atoms with E-state index in [4.69, 9.17) is 5.84 Å². The predicted octanol–water partition coefficient (Wildman–Crippen LogP) is 1.21. The van der Waals surface area contributed by atoms with Crippen LogP contribution in [0.15, 0.2) is 18.7 Å². The number of hydrogen-bond acceptors (Lipinski definition) is 5. The first kappa shape index (κ1) is 11.5. The lowest BCUT2D eigenvalue weighted by Gasteiger charge is -2.13. The second-order valence-corrected chi connectivity index (χ2v) is 3.76. The third-order valence-corrected chi connectivity index (χ3v) is 2.61. The van der Waals surface area contributed by atoms with Gasteiger partial charge in [-0.2, -0.15) is 0 Å². The second-order valence-electron chi connectivity index (χ2n) is 3.76. The van der Waals surface area contributed by atoms with Crippen molar-refractivity contribution in [3.05, 3.63) is 30.1 Å². The number of anilines is 1. The molecule has 0 bridgehead atoms. The van der Waals surface area contributed by atoms with Crippen molar-refractivity contribution in [3.63, 3.8) is 0 Å². The number of aryl methyl sites for hydroxylation is 1. The molecule has 0 aliphatic rings. The Labute approximate surface area is 99.9 Å². The van der Waals surface area contributed by atoms with Crippen LogP contribution in [0.2, 0.25) is 0 Å². The maximum Gasteiger partial charge on any atom is 0.148 e. The maximum atomic E-state index is 5.48. The zero-order valence-corrected chi connectivity index (χ0v) is 10.0. The molecular formula is C11H16N6. The summed E-state index contributed by atoms with van der Waals surface area (Å²) in [6.45, 7) is 4.05. The average Bonchev–Trinajstić information content (AvgIpc) is 2.76. The SMILES string of the molecule is CCCc1c(NN)ncnc1-n1ccnc1C.